The first-order chi connectivity index (χ1) is 15.0. The average Bonchev–Trinajstić information content (AvgIpc) is 2.76. The van der Waals surface area contributed by atoms with Crippen molar-refractivity contribution in [2.45, 2.75) is 6.54 Å². The molecule has 0 radical (unpaired) electrons. The van der Waals surface area contributed by atoms with Gasteiger partial charge in [-0.3, -0.25) is 9.69 Å². The summed E-state index contributed by atoms with van der Waals surface area (Å²) in [6, 6.07) is 20.9. The molecule has 1 aliphatic rings. The number of nitrogens with one attached hydrogen (secondary N) is 1. The molecule has 0 aliphatic carbocycles. The molecule has 160 valence electrons. The lowest BCUT2D eigenvalue weighted by Gasteiger charge is -2.36. The van der Waals surface area contributed by atoms with Crippen molar-refractivity contribution in [3.05, 3.63) is 92.4 Å². The van der Waals surface area contributed by atoms with Crippen LogP contribution < -0.4 is 10.2 Å². The van der Waals surface area contributed by atoms with Gasteiger partial charge in [-0.2, -0.15) is 0 Å². The highest BCUT2D eigenvalue weighted by Crippen LogP contribution is 2.30. The van der Waals surface area contributed by atoms with Crippen molar-refractivity contribution in [3.8, 4) is 0 Å². The lowest BCUT2D eigenvalue weighted by Crippen LogP contribution is -2.46. The Balaban J connectivity index is 1.36. The second-order valence-corrected chi connectivity index (χ2v) is 9.22. The number of carbonyl (C=O) groups excluding carboxylic acids is 1. The number of hydrogen-bond donors (Lipinski definition) is 1. The van der Waals surface area contributed by atoms with Crippen molar-refractivity contribution in [1.82, 2.24) is 4.90 Å². The SMILES string of the molecule is O=C(Nc1ccc(N2CCN(Cc3ccccc3Cl)CC2)c(Cl)c1)c1cccc(Br)c1. The fourth-order valence-corrected chi connectivity index (χ4v) is 4.58. The molecule has 0 bridgehead atoms. The molecule has 1 amide bonds. The largest absolute Gasteiger partial charge is 0.368 e. The van der Waals surface area contributed by atoms with Crippen LogP contribution in [0.3, 0.4) is 0 Å². The van der Waals surface area contributed by atoms with Crippen LogP contribution in [0, 0.1) is 0 Å². The molecule has 3 aromatic rings. The molecule has 1 N–H and O–H groups in total. The Kier molecular flexibility index (Phi) is 7.18. The zero-order chi connectivity index (χ0) is 21.8. The first kappa shape index (κ1) is 22.2. The van der Waals surface area contributed by atoms with Crippen LogP contribution in [0.25, 0.3) is 0 Å². The molecule has 31 heavy (non-hydrogen) atoms. The van der Waals surface area contributed by atoms with Gasteiger partial charge >= 0.3 is 0 Å². The van der Waals surface area contributed by atoms with E-state index in [1.165, 1.54) is 0 Å². The minimum Gasteiger partial charge on any atom is -0.368 e. The molecule has 0 spiro atoms. The van der Waals surface area contributed by atoms with Crippen LogP contribution in [0.15, 0.2) is 71.2 Å². The Morgan fingerprint density at radius 2 is 1.68 bits per heavy atom. The highest BCUT2D eigenvalue weighted by Gasteiger charge is 2.20. The van der Waals surface area contributed by atoms with Crippen molar-refractivity contribution < 1.29 is 4.79 Å². The number of piperazine rings is 1. The van der Waals surface area contributed by atoms with E-state index in [1.807, 2.05) is 48.5 Å². The van der Waals surface area contributed by atoms with E-state index in [0.29, 0.717) is 16.3 Å². The van der Waals surface area contributed by atoms with Crippen molar-refractivity contribution in [2.75, 3.05) is 36.4 Å². The Labute approximate surface area is 200 Å². The van der Waals surface area contributed by atoms with Gasteiger partial charge in [0.25, 0.3) is 5.91 Å². The molecule has 1 aliphatic heterocycles. The second kappa shape index (κ2) is 10.0. The van der Waals surface area contributed by atoms with Crippen molar-refractivity contribution in [1.29, 1.82) is 0 Å². The summed E-state index contributed by atoms with van der Waals surface area (Å²) < 4.78 is 0.863. The minimum atomic E-state index is -0.168. The third-order valence-electron chi connectivity index (χ3n) is 5.36. The summed E-state index contributed by atoms with van der Waals surface area (Å²) in [5.41, 5.74) is 3.40. The lowest BCUT2D eigenvalue weighted by atomic mass is 10.1. The van der Waals surface area contributed by atoms with Crippen LogP contribution in [0.1, 0.15) is 15.9 Å². The van der Waals surface area contributed by atoms with Gasteiger partial charge in [0.2, 0.25) is 0 Å². The minimum absolute atomic E-state index is 0.168. The summed E-state index contributed by atoms with van der Waals surface area (Å²) in [6.45, 7) is 4.48. The van der Waals surface area contributed by atoms with Gasteiger partial charge in [0.15, 0.2) is 0 Å². The summed E-state index contributed by atoms with van der Waals surface area (Å²) in [7, 11) is 0. The van der Waals surface area contributed by atoms with E-state index in [4.69, 9.17) is 23.2 Å². The van der Waals surface area contributed by atoms with Gasteiger partial charge in [-0.05, 0) is 48.0 Å². The van der Waals surface area contributed by atoms with Gasteiger partial charge in [0, 0.05) is 53.5 Å². The van der Waals surface area contributed by atoms with Gasteiger partial charge in [0.1, 0.15) is 0 Å². The fourth-order valence-electron chi connectivity index (χ4n) is 3.69. The van der Waals surface area contributed by atoms with Crippen molar-refractivity contribution >= 4 is 56.4 Å². The third-order valence-corrected chi connectivity index (χ3v) is 6.52. The van der Waals surface area contributed by atoms with Crippen LogP contribution in [0.2, 0.25) is 10.0 Å². The predicted octanol–water partition coefficient (Wildman–Crippen LogP) is 6.33. The van der Waals surface area contributed by atoms with Gasteiger partial charge in [-0.15, -0.1) is 0 Å². The van der Waals surface area contributed by atoms with E-state index in [9.17, 15) is 4.79 Å². The number of carbonyl (C=O) groups is 1. The molecule has 0 unspecified atom stereocenters. The number of benzene rings is 3. The standard InChI is InChI=1S/C24H22BrCl2N3O/c25-19-6-3-5-17(14-19)24(31)28-20-8-9-23(22(27)15-20)30-12-10-29(11-13-30)16-18-4-1-2-7-21(18)26/h1-9,14-15H,10-13,16H2,(H,28,31). The third kappa shape index (κ3) is 5.60. The van der Waals surface area contributed by atoms with E-state index in [-0.39, 0.29) is 5.91 Å². The van der Waals surface area contributed by atoms with Crippen LogP contribution in [-0.2, 0) is 6.54 Å². The van der Waals surface area contributed by atoms with Gasteiger partial charge < -0.3 is 10.2 Å². The van der Waals surface area contributed by atoms with Crippen molar-refractivity contribution in [2.24, 2.45) is 0 Å². The van der Waals surface area contributed by atoms with Crippen LogP contribution in [-0.4, -0.2) is 37.0 Å². The molecule has 7 heteroatoms. The molecule has 0 atom stereocenters. The van der Waals surface area contributed by atoms with Crippen molar-refractivity contribution in [3.63, 3.8) is 0 Å². The molecule has 3 aromatic carbocycles. The molecular formula is C24H22BrCl2N3O. The number of nitrogens with zero attached hydrogens (tertiary/aromatic N) is 2. The maximum atomic E-state index is 12.5. The van der Waals surface area contributed by atoms with Crippen LogP contribution in [0.4, 0.5) is 11.4 Å². The highest BCUT2D eigenvalue weighted by atomic mass is 79.9. The Bertz CT molecular complexity index is 1080. The average molecular weight is 519 g/mol. The number of rotatable bonds is 5. The zero-order valence-electron chi connectivity index (χ0n) is 16.8. The van der Waals surface area contributed by atoms with Gasteiger partial charge in [-0.25, -0.2) is 0 Å². The quantitative estimate of drug-likeness (QED) is 0.428. The number of hydrogen-bond acceptors (Lipinski definition) is 3. The summed E-state index contributed by atoms with van der Waals surface area (Å²) in [4.78, 5) is 17.2. The highest BCUT2D eigenvalue weighted by molar-refractivity contribution is 9.10. The first-order valence-electron chi connectivity index (χ1n) is 10.1. The molecule has 1 saturated heterocycles. The molecule has 4 nitrogen and oxygen atoms in total. The second-order valence-electron chi connectivity index (χ2n) is 7.49. The monoisotopic (exact) mass is 517 g/mol. The summed E-state index contributed by atoms with van der Waals surface area (Å²) in [5, 5.41) is 4.36. The molecule has 0 aromatic heterocycles. The molecule has 0 saturated carbocycles. The first-order valence-corrected chi connectivity index (χ1v) is 11.6. The Morgan fingerprint density at radius 3 is 2.39 bits per heavy atom. The maximum Gasteiger partial charge on any atom is 0.255 e. The smallest absolute Gasteiger partial charge is 0.255 e. The van der Waals surface area contributed by atoms with Gasteiger partial charge in [0.05, 0.1) is 10.7 Å². The summed E-state index contributed by atoms with van der Waals surface area (Å²) in [6.07, 6.45) is 0. The normalized spacial score (nSPS) is 14.5. The Morgan fingerprint density at radius 1 is 0.903 bits per heavy atom. The number of halogens is 3. The Hall–Kier alpha value is -2.05. The fraction of sp³-hybridized carbons (Fsp3) is 0.208. The predicted molar refractivity (Wildman–Crippen MR) is 132 cm³/mol. The number of amides is 1. The van der Waals surface area contributed by atoms with E-state index in [1.54, 1.807) is 12.1 Å². The summed E-state index contributed by atoms with van der Waals surface area (Å²) >= 11 is 16.3. The maximum absolute atomic E-state index is 12.5. The summed E-state index contributed by atoms with van der Waals surface area (Å²) in [5.74, 6) is -0.168. The molecule has 1 heterocycles. The zero-order valence-corrected chi connectivity index (χ0v) is 19.9. The topological polar surface area (TPSA) is 35.6 Å². The van der Waals surface area contributed by atoms with E-state index >= 15 is 0 Å². The van der Waals surface area contributed by atoms with E-state index in [0.717, 1.165) is 53.5 Å². The molecular weight excluding hydrogens is 497 g/mol. The lowest BCUT2D eigenvalue weighted by molar-refractivity contribution is 0.102. The van der Waals surface area contributed by atoms with Crippen LogP contribution >= 0.6 is 39.1 Å². The van der Waals surface area contributed by atoms with E-state index in [2.05, 4.69) is 37.1 Å². The molecule has 4 rings (SSSR count). The van der Waals surface area contributed by atoms with Gasteiger partial charge in [-0.1, -0.05) is 63.4 Å². The van der Waals surface area contributed by atoms with E-state index < -0.39 is 0 Å². The number of anilines is 2. The van der Waals surface area contributed by atoms with Crippen LogP contribution in [0.5, 0.6) is 0 Å². The molecule has 1 fully saturated rings.